The molecule has 0 saturated heterocycles. The van der Waals surface area contributed by atoms with Crippen LogP contribution in [0.5, 0.6) is 0 Å². The molecule has 0 unspecified atom stereocenters. The van der Waals surface area contributed by atoms with Crippen molar-refractivity contribution in [3.63, 3.8) is 0 Å². The quantitative estimate of drug-likeness (QED) is 0.904. The summed E-state index contributed by atoms with van der Waals surface area (Å²) in [5, 5.41) is 0. The van der Waals surface area contributed by atoms with E-state index in [1.807, 2.05) is 24.4 Å². The number of nitrogens with two attached hydrogens (primary N) is 1. The molecule has 76 valence electrons. The molecule has 0 spiro atoms. The lowest BCUT2D eigenvalue weighted by molar-refractivity contribution is 1.15. The molecule has 0 radical (unpaired) electrons. The van der Waals surface area contributed by atoms with Crippen LogP contribution in [0.15, 0.2) is 47.2 Å². The first-order valence-corrected chi connectivity index (χ1v) is 5.48. The highest BCUT2D eigenvalue weighted by Crippen LogP contribution is 2.17. The molecule has 2 nitrogen and oxygen atoms in total. The van der Waals surface area contributed by atoms with Gasteiger partial charge in [-0.15, -0.1) is 0 Å². The van der Waals surface area contributed by atoms with Crippen LogP contribution in [0.3, 0.4) is 0 Å². The number of pyridine rings is 1. The Balaban J connectivity index is 2.26. The topological polar surface area (TPSA) is 38.9 Å². The fourth-order valence-corrected chi connectivity index (χ4v) is 1.90. The van der Waals surface area contributed by atoms with E-state index in [-0.39, 0.29) is 0 Å². The van der Waals surface area contributed by atoms with Gasteiger partial charge in [-0.2, -0.15) is 0 Å². The van der Waals surface area contributed by atoms with Crippen LogP contribution in [0.2, 0.25) is 0 Å². The summed E-state index contributed by atoms with van der Waals surface area (Å²) in [6, 6.07) is 10.0. The van der Waals surface area contributed by atoms with E-state index in [0.29, 0.717) is 0 Å². The molecule has 1 aromatic carbocycles. The van der Waals surface area contributed by atoms with E-state index in [9.17, 15) is 0 Å². The van der Waals surface area contributed by atoms with Crippen molar-refractivity contribution >= 4 is 21.6 Å². The molecule has 1 aromatic heterocycles. The first kappa shape index (κ1) is 10.2. The maximum absolute atomic E-state index is 5.85. The van der Waals surface area contributed by atoms with Gasteiger partial charge in [0.25, 0.3) is 0 Å². The van der Waals surface area contributed by atoms with E-state index in [1.165, 1.54) is 5.56 Å². The van der Waals surface area contributed by atoms with Gasteiger partial charge in [-0.25, -0.2) is 0 Å². The SMILES string of the molecule is Nc1ccncc1Cc1cccc(Br)c1. The average Bonchev–Trinajstić information content (AvgIpc) is 2.22. The monoisotopic (exact) mass is 262 g/mol. The number of hydrogen-bond donors (Lipinski definition) is 1. The van der Waals surface area contributed by atoms with Gasteiger partial charge in [-0.3, -0.25) is 4.98 Å². The summed E-state index contributed by atoms with van der Waals surface area (Å²) in [5.41, 5.74) is 8.94. The Morgan fingerprint density at radius 3 is 2.87 bits per heavy atom. The largest absolute Gasteiger partial charge is 0.398 e. The van der Waals surface area contributed by atoms with Gasteiger partial charge in [-0.05, 0) is 29.3 Å². The number of halogens is 1. The number of anilines is 1. The molecule has 0 saturated carbocycles. The van der Waals surface area contributed by atoms with Crippen molar-refractivity contribution in [3.8, 4) is 0 Å². The van der Waals surface area contributed by atoms with Gasteiger partial charge in [-0.1, -0.05) is 28.1 Å². The van der Waals surface area contributed by atoms with Crippen LogP contribution in [0, 0.1) is 0 Å². The van der Waals surface area contributed by atoms with Crippen LogP contribution < -0.4 is 5.73 Å². The second kappa shape index (κ2) is 4.45. The lowest BCUT2D eigenvalue weighted by Gasteiger charge is -2.04. The number of aromatic nitrogens is 1. The summed E-state index contributed by atoms with van der Waals surface area (Å²) in [4.78, 5) is 4.07. The Hall–Kier alpha value is -1.35. The Morgan fingerprint density at radius 1 is 1.27 bits per heavy atom. The van der Waals surface area contributed by atoms with Crippen LogP contribution in [-0.2, 0) is 6.42 Å². The highest BCUT2D eigenvalue weighted by atomic mass is 79.9. The van der Waals surface area contributed by atoms with Gasteiger partial charge in [0.15, 0.2) is 0 Å². The third-order valence-corrected chi connectivity index (χ3v) is 2.72. The molecule has 0 aliphatic rings. The zero-order valence-electron chi connectivity index (χ0n) is 8.15. The number of nitrogen functional groups attached to an aromatic ring is 1. The molecule has 1 heterocycles. The van der Waals surface area contributed by atoms with Crippen LogP contribution in [0.25, 0.3) is 0 Å². The summed E-state index contributed by atoms with van der Waals surface area (Å²) in [7, 11) is 0. The second-order valence-corrected chi connectivity index (χ2v) is 4.30. The maximum Gasteiger partial charge on any atom is 0.0380 e. The third-order valence-electron chi connectivity index (χ3n) is 2.22. The van der Waals surface area contributed by atoms with Crippen molar-refractivity contribution < 1.29 is 0 Å². The van der Waals surface area contributed by atoms with Crippen LogP contribution in [0.1, 0.15) is 11.1 Å². The number of nitrogens with zero attached hydrogens (tertiary/aromatic N) is 1. The van der Waals surface area contributed by atoms with E-state index in [2.05, 4.69) is 33.0 Å². The van der Waals surface area contributed by atoms with Crippen molar-refractivity contribution in [1.82, 2.24) is 4.98 Å². The molecule has 3 heteroatoms. The summed E-state index contributed by atoms with van der Waals surface area (Å²) in [6.07, 6.45) is 4.34. The van der Waals surface area contributed by atoms with Crippen LogP contribution >= 0.6 is 15.9 Å². The predicted octanol–water partition coefficient (Wildman–Crippen LogP) is 3.02. The minimum atomic E-state index is 0.796. The number of hydrogen-bond acceptors (Lipinski definition) is 2. The van der Waals surface area contributed by atoms with Crippen LogP contribution in [0.4, 0.5) is 5.69 Å². The minimum Gasteiger partial charge on any atom is -0.398 e. The van der Waals surface area contributed by atoms with E-state index in [4.69, 9.17) is 5.73 Å². The fraction of sp³-hybridized carbons (Fsp3) is 0.0833. The molecule has 2 N–H and O–H groups in total. The molecule has 2 aromatic rings. The zero-order valence-corrected chi connectivity index (χ0v) is 9.74. The predicted molar refractivity (Wildman–Crippen MR) is 65.6 cm³/mol. The van der Waals surface area contributed by atoms with E-state index in [1.54, 1.807) is 6.20 Å². The molecule has 2 rings (SSSR count). The molecule has 0 aliphatic carbocycles. The smallest absolute Gasteiger partial charge is 0.0380 e. The normalized spacial score (nSPS) is 10.2. The van der Waals surface area contributed by atoms with Gasteiger partial charge in [0, 0.05) is 29.0 Å². The molecular formula is C12H11BrN2. The molecule has 0 fully saturated rings. The van der Waals surface area contributed by atoms with Gasteiger partial charge in [0.1, 0.15) is 0 Å². The second-order valence-electron chi connectivity index (χ2n) is 3.38. The molecule has 0 atom stereocenters. The fourth-order valence-electron chi connectivity index (χ4n) is 1.45. The van der Waals surface area contributed by atoms with Crippen molar-refractivity contribution in [2.75, 3.05) is 5.73 Å². The lowest BCUT2D eigenvalue weighted by Crippen LogP contribution is -1.96. The zero-order chi connectivity index (χ0) is 10.7. The average molecular weight is 263 g/mol. The highest BCUT2D eigenvalue weighted by Gasteiger charge is 2.00. The summed E-state index contributed by atoms with van der Waals surface area (Å²) in [6.45, 7) is 0. The van der Waals surface area contributed by atoms with Gasteiger partial charge < -0.3 is 5.73 Å². The van der Waals surface area contributed by atoms with Crippen molar-refractivity contribution in [2.45, 2.75) is 6.42 Å². The highest BCUT2D eigenvalue weighted by molar-refractivity contribution is 9.10. The Morgan fingerprint density at radius 2 is 2.13 bits per heavy atom. The van der Waals surface area contributed by atoms with Gasteiger partial charge >= 0.3 is 0 Å². The Bertz CT molecular complexity index is 469. The molecule has 0 bridgehead atoms. The first-order valence-electron chi connectivity index (χ1n) is 4.68. The standard InChI is InChI=1S/C12H11BrN2/c13-11-3-1-2-9(7-11)6-10-8-15-5-4-12(10)14/h1-5,7-8H,6H2,(H2,14,15). The minimum absolute atomic E-state index is 0.796. The van der Waals surface area contributed by atoms with Crippen molar-refractivity contribution in [1.29, 1.82) is 0 Å². The molecule has 15 heavy (non-hydrogen) atoms. The van der Waals surface area contributed by atoms with Crippen molar-refractivity contribution in [3.05, 3.63) is 58.3 Å². The van der Waals surface area contributed by atoms with Crippen molar-refractivity contribution in [2.24, 2.45) is 0 Å². The van der Waals surface area contributed by atoms with E-state index >= 15 is 0 Å². The Labute approximate surface area is 97.3 Å². The lowest BCUT2D eigenvalue weighted by atomic mass is 10.1. The summed E-state index contributed by atoms with van der Waals surface area (Å²) < 4.78 is 1.09. The first-order chi connectivity index (χ1) is 7.25. The summed E-state index contributed by atoms with van der Waals surface area (Å²) in [5.74, 6) is 0. The van der Waals surface area contributed by atoms with E-state index < -0.39 is 0 Å². The third kappa shape index (κ3) is 2.57. The van der Waals surface area contributed by atoms with Gasteiger partial charge in [0.2, 0.25) is 0 Å². The molecule has 0 amide bonds. The van der Waals surface area contributed by atoms with E-state index in [0.717, 1.165) is 22.1 Å². The summed E-state index contributed by atoms with van der Waals surface area (Å²) >= 11 is 3.45. The number of benzene rings is 1. The van der Waals surface area contributed by atoms with Gasteiger partial charge in [0.05, 0.1) is 0 Å². The van der Waals surface area contributed by atoms with Crippen LogP contribution in [-0.4, -0.2) is 4.98 Å². The molecule has 0 aliphatic heterocycles. The Kier molecular flexibility index (Phi) is 3.02. The number of rotatable bonds is 2. The maximum atomic E-state index is 5.85. The molecular weight excluding hydrogens is 252 g/mol.